The van der Waals surface area contributed by atoms with E-state index in [1.165, 1.54) is 10.8 Å². The highest BCUT2D eigenvalue weighted by molar-refractivity contribution is 5.85. The van der Waals surface area contributed by atoms with Crippen LogP contribution in [0.25, 0.3) is 10.8 Å². The van der Waals surface area contributed by atoms with Gasteiger partial charge in [0, 0.05) is 50.7 Å². The predicted octanol–water partition coefficient (Wildman–Crippen LogP) is 1.75. The molecule has 1 saturated heterocycles. The average molecular weight is 347 g/mol. The molecule has 1 aromatic heterocycles. The van der Waals surface area contributed by atoms with Crippen LogP contribution in [0.1, 0.15) is 12.6 Å². The fourth-order valence-corrected chi connectivity index (χ4v) is 3.76. The molecule has 0 aliphatic carbocycles. The number of benzene rings is 1. The van der Waals surface area contributed by atoms with Crippen LogP contribution >= 0.6 is 0 Å². The number of aromatic nitrogens is 1. The normalized spacial score (nSPS) is 20.0. The second kappa shape index (κ2) is 7.76. The number of aliphatic imine (C=N–C) groups is 1. The summed E-state index contributed by atoms with van der Waals surface area (Å²) in [5.74, 6) is 7.34. The summed E-state index contributed by atoms with van der Waals surface area (Å²) < 4.78 is 0. The number of rotatable bonds is 3. The zero-order chi connectivity index (χ0) is 17.8. The van der Waals surface area contributed by atoms with Crippen LogP contribution in [0.4, 0.5) is 0 Å². The number of piperazine rings is 1. The first-order valence-corrected chi connectivity index (χ1v) is 9.36. The van der Waals surface area contributed by atoms with Gasteiger partial charge in [0.25, 0.3) is 0 Å². The maximum Gasteiger partial charge on any atom is 0.197 e. The molecule has 0 amide bonds. The first-order chi connectivity index (χ1) is 12.8. The Morgan fingerprint density at radius 2 is 2.04 bits per heavy atom. The van der Waals surface area contributed by atoms with Crippen molar-refractivity contribution in [3.05, 3.63) is 42.2 Å². The maximum atomic E-state index is 5.08. The van der Waals surface area contributed by atoms with Crippen LogP contribution < -0.4 is 5.32 Å². The Balaban J connectivity index is 1.57. The molecule has 0 radical (unpaired) electrons. The second-order valence-corrected chi connectivity index (χ2v) is 6.81. The molecule has 4 rings (SSSR count). The fourth-order valence-electron chi connectivity index (χ4n) is 3.76. The van der Waals surface area contributed by atoms with Gasteiger partial charge >= 0.3 is 0 Å². The smallest absolute Gasteiger partial charge is 0.197 e. The van der Waals surface area contributed by atoms with Gasteiger partial charge in [0.1, 0.15) is 0 Å². The third-order valence-electron chi connectivity index (χ3n) is 5.04. The van der Waals surface area contributed by atoms with Crippen molar-refractivity contribution in [2.75, 3.05) is 39.3 Å². The van der Waals surface area contributed by atoms with Gasteiger partial charge in [0.05, 0.1) is 18.3 Å². The molecular formula is C21H25N5. The highest BCUT2D eigenvalue weighted by Crippen LogP contribution is 2.21. The van der Waals surface area contributed by atoms with E-state index in [1.807, 2.05) is 13.1 Å². The molecule has 0 bridgehead atoms. The van der Waals surface area contributed by atoms with Crippen molar-refractivity contribution < 1.29 is 0 Å². The van der Waals surface area contributed by atoms with Gasteiger partial charge in [0.2, 0.25) is 0 Å². The lowest BCUT2D eigenvalue weighted by atomic mass is 10.0. The summed E-state index contributed by atoms with van der Waals surface area (Å²) in [6.07, 6.45) is 2.78. The minimum absolute atomic E-state index is 0.233. The van der Waals surface area contributed by atoms with Crippen LogP contribution in [-0.4, -0.2) is 66.1 Å². The third-order valence-corrected chi connectivity index (χ3v) is 5.04. The molecule has 0 spiro atoms. The van der Waals surface area contributed by atoms with Gasteiger partial charge < -0.3 is 15.1 Å². The molecule has 26 heavy (non-hydrogen) atoms. The van der Waals surface area contributed by atoms with Gasteiger partial charge in [-0.3, -0.25) is 4.98 Å². The summed E-state index contributed by atoms with van der Waals surface area (Å²) in [5, 5.41) is 5.90. The molecule has 2 aliphatic rings. The van der Waals surface area contributed by atoms with Crippen LogP contribution in [0.2, 0.25) is 0 Å². The van der Waals surface area contributed by atoms with Crippen molar-refractivity contribution in [3.63, 3.8) is 0 Å². The molecule has 1 aromatic carbocycles. The number of pyridine rings is 1. The standard InChI is InChI=1S/C21H25N5/c1-2-3-12-26-16-18(24-21(26)25-13-10-22-11-14-25)15-20-19-7-5-4-6-17(19)8-9-23-20/h4-9,18,22H,10-16H2,1H3. The second-order valence-electron chi connectivity index (χ2n) is 6.81. The molecule has 134 valence electrons. The maximum absolute atomic E-state index is 5.08. The van der Waals surface area contributed by atoms with Crippen LogP contribution in [-0.2, 0) is 6.42 Å². The van der Waals surface area contributed by atoms with E-state index in [2.05, 4.69) is 62.3 Å². The molecule has 1 unspecified atom stereocenters. The zero-order valence-corrected chi connectivity index (χ0v) is 15.3. The minimum Gasteiger partial charge on any atom is -0.340 e. The molecule has 2 aliphatic heterocycles. The Hall–Kier alpha value is -2.58. The van der Waals surface area contributed by atoms with E-state index in [4.69, 9.17) is 4.99 Å². The summed E-state index contributed by atoms with van der Waals surface area (Å²) in [5.41, 5.74) is 1.14. The first-order valence-electron chi connectivity index (χ1n) is 9.36. The lowest BCUT2D eigenvalue weighted by molar-refractivity contribution is 0.313. The number of hydrogen-bond acceptors (Lipinski definition) is 5. The van der Waals surface area contributed by atoms with Crippen molar-refractivity contribution >= 4 is 16.7 Å². The SMILES string of the molecule is CC#CCN1CC(Cc2nccc3ccccc23)N=C1N1CCNCC1. The van der Waals surface area contributed by atoms with Gasteiger partial charge in [-0.05, 0) is 18.4 Å². The van der Waals surface area contributed by atoms with Crippen LogP contribution in [0, 0.1) is 11.8 Å². The minimum atomic E-state index is 0.233. The van der Waals surface area contributed by atoms with E-state index in [0.717, 1.165) is 57.3 Å². The zero-order valence-electron chi connectivity index (χ0n) is 15.3. The monoisotopic (exact) mass is 347 g/mol. The highest BCUT2D eigenvalue weighted by Gasteiger charge is 2.29. The summed E-state index contributed by atoms with van der Waals surface area (Å²) in [4.78, 5) is 14.5. The van der Waals surface area contributed by atoms with Gasteiger partial charge in [-0.1, -0.05) is 30.2 Å². The third kappa shape index (κ3) is 3.51. The molecule has 0 saturated carbocycles. The van der Waals surface area contributed by atoms with Gasteiger partial charge in [-0.25, -0.2) is 4.99 Å². The van der Waals surface area contributed by atoms with E-state index >= 15 is 0 Å². The average Bonchev–Trinajstić information content (AvgIpc) is 3.10. The van der Waals surface area contributed by atoms with E-state index in [0.29, 0.717) is 0 Å². The quantitative estimate of drug-likeness (QED) is 0.859. The van der Waals surface area contributed by atoms with Crippen LogP contribution in [0.15, 0.2) is 41.5 Å². The number of hydrogen-bond donors (Lipinski definition) is 1. The molecule has 3 heterocycles. The molecule has 5 heteroatoms. The van der Waals surface area contributed by atoms with E-state index < -0.39 is 0 Å². The van der Waals surface area contributed by atoms with E-state index in [1.54, 1.807) is 0 Å². The Kier molecular flexibility index (Phi) is 5.03. The summed E-state index contributed by atoms with van der Waals surface area (Å²) in [7, 11) is 0. The van der Waals surface area contributed by atoms with Gasteiger partial charge in [-0.2, -0.15) is 0 Å². The number of nitrogens with zero attached hydrogens (tertiary/aromatic N) is 4. The summed E-state index contributed by atoms with van der Waals surface area (Å²) in [6, 6.07) is 10.8. The van der Waals surface area contributed by atoms with Crippen molar-refractivity contribution in [1.82, 2.24) is 20.1 Å². The molecule has 1 fully saturated rings. The van der Waals surface area contributed by atoms with Crippen LogP contribution in [0.5, 0.6) is 0 Å². The molecule has 1 N–H and O–H groups in total. The fraction of sp³-hybridized carbons (Fsp3) is 0.429. The van der Waals surface area contributed by atoms with Crippen molar-refractivity contribution in [3.8, 4) is 11.8 Å². The summed E-state index contributed by atoms with van der Waals surface area (Å²) >= 11 is 0. The largest absolute Gasteiger partial charge is 0.340 e. The van der Waals surface area contributed by atoms with Crippen molar-refractivity contribution in [2.45, 2.75) is 19.4 Å². The Labute approximate surface area is 155 Å². The highest BCUT2D eigenvalue weighted by atomic mass is 15.4. The lowest BCUT2D eigenvalue weighted by Crippen LogP contribution is -2.51. The Morgan fingerprint density at radius 3 is 2.88 bits per heavy atom. The molecule has 5 nitrogen and oxygen atoms in total. The number of fused-ring (bicyclic) bond motifs is 1. The lowest BCUT2D eigenvalue weighted by Gasteiger charge is -2.33. The van der Waals surface area contributed by atoms with Crippen molar-refractivity contribution in [1.29, 1.82) is 0 Å². The van der Waals surface area contributed by atoms with Crippen LogP contribution in [0.3, 0.4) is 0 Å². The van der Waals surface area contributed by atoms with Crippen molar-refractivity contribution in [2.24, 2.45) is 4.99 Å². The van der Waals surface area contributed by atoms with Gasteiger partial charge in [-0.15, -0.1) is 5.92 Å². The number of guanidine groups is 1. The molecule has 1 atom stereocenters. The summed E-state index contributed by atoms with van der Waals surface area (Å²) in [6.45, 7) is 7.61. The topological polar surface area (TPSA) is 43.8 Å². The Bertz CT molecular complexity index is 852. The molecule has 2 aromatic rings. The number of nitrogens with one attached hydrogen (secondary N) is 1. The van der Waals surface area contributed by atoms with Gasteiger partial charge in [0.15, 0.2) is 5.96 Å². The Morgan fingerprint density at radius 1 is 1.19 bits per heavy atom. The first kappa shape index (κ1) is 16.9. The van der Waals surface area contributed by atoms with E-state index in [-0.39, 0.29) is 6.04 Å². The van der Waals surface area contributed by atoms with E-state index in [9.17, 15) is 0 Å². The molecular weight excluding hydrogens is 322 g/mol. The predicted molar refractivity (Wildman–Crippen MR) is 106 cm³/mol.